The number of hydrogen-bond donors (Lipinski definition) is 2. The minimum Gasteiger partial charge on any atom is -0.350 e. The molecule has 0 saturated carbocycles. The Bertz CT molecular complexity index is 1110. The van der Waals surface area contributed by atoms with Crippen LogP contribution in [-0.4, -0.2) is 57.0 Å². The van der Waals surface area contributed by atoms with E-state index in [0.717, 1.165) is 24.8 Å². The second-order valence-corrected chi connectivity index (χ2v) is 11.4. The molecule has 0 atom stereocenters. The maximum Gasteiger partial charge on any atom is 0.267 e. The molecule has 1 amide bonds. The van der Waals surface area contributed by atoms with Crippen LogP contribution in [-0.2, 0) is 33.6 Å². The van der Waals surface area contributed by atoms with Crippen LogP contribution < -0.4 is 10.0 Å². The van der Waals surface area contributed by atoms with Crippen molar-refractivity contribution in [1.29, 1.82) is 0 Å². The Morgan fingerprint density at radius 3 is 2.39 bits per heavy atom. The molecule has 2 N–H and O–H groups in total. The summed E-state index contributed by atoms with van der Waals surface area (Å²) in [4.78, 5) is 12.6. The number of nitrogens with one attached hydrogen (secondary N) is 2. The van der Waals surface area contributed by atoms with Crippen LogP contribution >= 0.6 is 0 Å². The van der Waals surface area contributed by atoms with Crippen molar-refractivity contribution in [1.82, 2.24) is 18.9 Å². The lowest BCUT2D eigenvalue weighted by atomic mass is 10.2. The molecule has 1 aliphatic rings. The Hall–Kier alpha value is -2.21. The van der Waals surface area contributed by atoms with Crippen LogP contribution in [0.5, 0.6) is 0 Å². The molecule has 1 aromatic heterocycles. The zero-order valence-electron chi connectivity index (χ0n) is 17.5. The van der Waals surface area contributed by atoms with Crippen molar-refractivity contribution in [2.24, 2.45) is 7.05 Å². The molecule has 0 aliphatic carbocycles. The summed E-state index contributed by atoms with van der Waals surface area (Å²) >= 11 is 0. The van der Waals surface area contributed by atoms with Gasteiger partial charge < -0.3 is 9.88 Å². The predicted molar refractivity (Wildman–Crippen MR) is 117 cm³/mol. The SMILES string of the molecule is Cn1cc(S(=O)(=O)N2CCCCC2)cc1C(=O)NCCS(=O)(=O)NCc1ccccc1. The lowest BCUT2D eigenvalue weighted by molar-refractivity contribution is 0.0948. The normalized spacial score (nSPS) is 15.6. The van der Waals surface area contributed by atoms with Gasteiger partial charge in [-0.05, 0) is 24.5 Å². The lowest BCUT2D eigenvalue weighted by Crippen LogP contribution is -2.35. The van der Waals surface area contributed by atoms with Gasteiger partial charge >= 0.3 is 0 Å². The van der Waals surface area contributed by atoms with Crippen molar-refractivity contribution in [3.63, 3.8) is 0 Å². The summed E-state index contributed by atoms with van der Waals surface area (Å²) in [5.74, 6) is -0.810. The van der Waals surface area contributed by atoms with Crippen LogP contribution in [0.2, 0.25) is 0 Å². The molecule has 1 aromatic carbocycles. The first kappa shape index (κ1) is 23.5. The molecule has 170 valence electrons. The Kier molecular flexibility index (Phi) is 7.52. The van der Waals surface area contributed by atoms with E-state index in [1.165, 1.54) is 21.1 Å². The number of carbonyl (C=O) groups excluding carboxylic acids is 1. The molecule has 11 heteroatoms. The molecule has 1 fully saturated rings. The van der Waals surface area contributed by atoms with Gasteiger partial charge in [-0.3, -0.25) is 4.79 Å². The molecular weight excluding hydrogens is 440 g/mol. The minimum absolute atomic E-state index is 0.0687. The number of piperidine rings is 1. The van der Waals surface area contributed by atoms with Gasteiger partial charge in [0.15, 0.2) is 0 Å². The van der Waals surface area contributed by atoms with Crippen molar-refractivity contribution in [2.45, 2.75) is 30.7 Å². The summed E-state index contributed by atoms with van der Waals surface area (Å²) in [6, 6.07) is 10.5. The van der Waals surface area contributed by atoms with Crippen LogP contribution in [0.15, 0.2) is 47.5 Å². The van der Waals surface area contributed by atoms with E-state index in [-0.39, 0.29) is 29.4 Å². The van der Waals surface area contributed by atoms with Gasteiger partial charge in [0.1, 0.15) is 10.6 Å². The van der Waals surface area contributed by atoms with Crippen molar-refractivity contribution < 1.29 is 21.6 Å². The predicted octanol–water partition coefficient (Wildman–Crippen LogP) is 1.05. The van der Waals surface area contributed by atoms with Crippen molar-refractivity contribution >= 4 is 26.0 Å². The van der Waals surface area contributed by atoms with Gasteiger partial charge in [-0.15, -0.1) is 0 Å². The molecule has 2 heterocycles. The Morgan fingerprint density at radius 1 is 1.03 bits per heavy atom. The fourth-order valence-electron chi connectivity index (χ4n) is 3.41. The number of hydrogen-bond acceptors (Lipinski definition) is 5. The average Bonchev–Trinajstić information content (AvgIpc) is 3.16. The average molecular weight is 469 g/mol. The highest BCUT2D eigenvalue weighted by Gasteiger charge is 2.28. The molecule has 1 aliphatic heterocycles. The van der Waals surface area contributed by atoms with E-state index in [1.807, 2.05) is 30.3 Å². The molecule has 9 nitrogen and oxygen atoms in total. The zero-order valence-corrected chi connectivity index (χ0v) is 19.1. The summed E-state index contributed by atoms with van der Waals surface area (Å²) in [6.07, 6.45) is 4.08. The number of rotatable bonds is 9. The van der Waals surface area contributed by atoms with Gasteiger partial charge in [-0.25, -0.2) is 21.6 Å². The smallest absolute Gasteiger partial charge is 0.267 e. The Balaban J connectivity index is 1.56. The third-order valence-electron chi connectivity index (χ3n) is 5.16. The fraction of sp³-hybridized carbons (Fsp3) is 0.450. The second kappa shape index (κ2) is 9.94. The zero-order chi connectivity index (χ0) is 22.5. The quantitative estimate of drug-likeness (QED) is 0.570. The first-order chi connectivity index (χ1) is 14.7. The topological polar surface area (TPSA) is 118 Å². The monoisotopic (exact) mass is 468 g/mol. The van der Waals surface area contributed by atoms with Crippen LogP contribution in [0.25, 0.3) is 0 Å². The minimum atomic E-state index is -3.65. The lowest BCUT2D eigenvalue weighted by Gasteiger charge is -2.25. The highest BCUT2D eigenvalue weighted by Crippen LogP contribution is 2.22. The van der Waals surface area contributed by atoms with Gasteiger partial charge in [0.2, 0.25) is 20.0 Å². The molecule has 0 spiro atoms. The number of nitrogens with zero attached hydrogens (tertiary/aromatic N) is 2. The second-order valence-electron chi connectivity index (χ2n) is 7.52. The van der Waals surface area contributed by atoms with E-state index in [0.29, 0.717) is 13.1 Å². The van der Waals surface area contributed by atoms with Crippen LogP contribution in [0.3, 0.4) is 0 Å². The largest absolute Gasteiger partial charge is 0.350 e. The van der Waals surface area contributed by atoms with Gasteiger partial charge in [0, 0.05) is 39.4 Å². The van der Waals surface area contributed by atoms with Gasteiger partial charge in [0.05, 0.1) is 5.75 Å². The molecule has 2 aromatic rings. The number of sulfonamides is 2. The van der Waals surface area contributed by atoms with Gasteiger partial charge in [0.25, 0.3) is 5.91 Å². The summed E-state index contributed by atoms with van der Waals surface area (Å²) in [6.45, 7) is 1.04. The van der Waals surface area contributed by atoms with E-state index in [9.17, 15) is 21.6 Å². The third kappa shape index (κ3) is 6.16. The molecule has 0 unspecified atom stereocenters. The summed E-state index contributed by atoms with van der Waals surface area (Å²) in [5, 5.41) is 2.55. The Morgan fingerprint density at radius 2 is 1.71 bits per heavy atom. The number of benzene rings is 1. The summed E-state index contributed by atoms with van der Waals surface area (Å²) in [5.41, 5.74) is 0.992. The van der Waals surface area contributed by atoms with Crippen molar-refractivity contribution in [2.75, 3.05) is 25.4 Å². The van der Waals surface area contributed by atoms with Crippen LogP contribution in [0, 0.1) is 0 Å². The summed E-state index contributed by atoms with van der Waals surface area (Å²) < 4.78 is 55.3. The van der Waals surface area contributed by atoms with E-state index in [2.05, 4.69) is 10.0 Å². The first-order valence-electron chi connectivity index (χ1n) is 10.1. The molecule has 3 rings (SSSR count). The molecule has 0 radical (unpaired) electrons. The fourth-order valence-corrected chi connectivity index (χ4v) is 5.90. The van der Waals surface area contributed by atoms with E-state index >= 15 is 0 Å². The van der Waals surface area contributed by atoms with Crippen molar-refractivity contribution in [3.05, 3.63) is 53.9 Å². The molecule has 0 bridgehead atoms. The van der Waals surface area contributed by atoms with Gasteiger partial charge in [-0.1, -0.05) is 36.8 Å². The molecule has 1 saturated heterocycles. The molecule has 31 heavy (non-hydrogen) atoms. The third-order valence-corrected chi connectivity index (χ3v) is 8.35. The maximum atomic E-state index is 12.8. The standard InChI is InChI=1S/C20H28N4O5S2/c1-23-16-18(31(28,29)24-11-6-3-7-12-24)14-19(23)20(25)21-10-13-30(26,27)22-15-17-8-4-2-5-9-17/h2,4-5,8-9,14,16,22H,3,6-7,10-13,15H2,1H3,(H,21,25). The van der Waals surface area contributed by atoms with E-state index in [4.69, 9.17) is 0 Å². The first-order valence-corrected chi connectivity index (χ1v) is 13.2. The van der Waals surface area contributed by atoms with E-state index < -0.39 is 26.0 Å². The Labute approximate surface area is 183 Å². The number of carbonyl (C=O) groups is 1. The van der Waals surface area contributed by atoms with Crippen LogP contribution in [0.4, 0.5) is 0 Å². The van der Waals surface area contributed by atoms with Crippen molar-refractivity contribution in [3.8, 4) is 0 Å². The van der Waals surface area contributed by atoms with Crippen LogP contribution in [0.1, 0.15) is 35.3 Å². The highest BCUT2D eigenvalue weighted by molar-refractivity contribution is 7.89. The number of amides is 1. The van der Waals surface area contributed by atoms with E-state index in [1.54, 1.807) is 7.05 Å². The summed E-state index contributed by atoms with van der Waals surface area (Å²) in [7, 11) is -5.64. The molecular formula is C20H28N4O5S2. The number of aryl methyl sites for hydroxylation is 1. The van der Waals surface area contributed by atoms with Gasteiger partial charge in [-0.2, -0.15) is 4.31 Å². The number of aromatic nitrogens is 1. The highest BCUT2D eigenvalue weighted by atomic mass is 32.2. The maximum absolute atomic E-state index is 12.8.